The van der Waals surface area contributed by atoms with Gasteiger partial charge in [-0.05, 0) is 35.4 Å². The summed E-state index contributed by atoms with van der Waals surface area (Å²) in [5, 5.41) is 13.3. The number of fused-ring (bicyclic) bond motifs is 1. The molecule has 3 N–H and O–H groups in total. The largest absolute Gasteiger partial charge is 0.504 e. The van der Waals surface area contributed by atoms with Gasteiger partial charge in [-0.3, -0.25) is 4.79 Å². The number of carbonyl (C=O) groups excluding carboxylic acids is 2. The maximum atomic E-state index is 12.4. The highest BCUT2D eigenvalue weighted by atomic mass is 16.5. The van der Waals surface area contributed by atoms with Crippen LogP contribution < -0.4 is 10.1 Å². The van der Waals surface area contributed by atoms with Crippen molar-refractivity contribution in [1.82, 2.24) is 10.3 Å². The fourth-order valence-electron chi connectivity index (χ4n) is 3.05. The highest BCUT2D eigenvalue weighted by molar-refractivity contribution is 5.95. The monoisotopic (exact) mass is 394 g/mol. The lowest BCUT2D eigenvalue weighted by Gasteiger charge is -2.15. The van der Waals surface area contributed by atoms with E-state index in [1.807, 2.05) is 30.5 Å². The molecule has 1 atom stereocenters. The number of methoxy groups -OCH3 is 2. The first-order chi connectivity index (χ1) is 14.0. The molecule has 2 aromatic carbocycles. The number of phenolic OH excluding ortho intramolecular Hbond substituents is 1. The van der Waals surface area contributed by atoms with Crippen LogP contribution in [0.2, 0.25) is 0 Å². The number of aromatic hydroxyl groups is 1. The molecule has 0 aliphatic carbocycles. The Morgan fingerprint density at radius 2 is 2.00 bits per heavy atom. The summed E-state index contributed by atoms with van der Waals surface area (Å²) in [5.41, 5.74) is 2.53. The number of esters is 1. The Balaban J connectivity index is 1.73. The molecular weight excluding hydrogens is 372 g/mol. The topological polar surface area (TPSA) is 101 Å². The molecule has 1 amide bonds. The molecule has 0 saturated heterocycles. The summed E-state index contributed by atoms with van der Waals surface area (Å²) in [6.07, 6.45) is 5.00. The Bertz CT molecular complexity index is 1050. The average molecular weight is 394 g/mol. The number of phenols is 1. The van der Waals surface area contributed by atoms with E-state index in [9.17, 15) is 14.7 Å². The second-order valence-electron chi connectivity index (χ2n) is 6.41. The summed E-state index contributed by atoms with van der Waals surface area (Å²) < 4.78 is 9.90. The molecule has 1 aromatic heterocycles. The molecular formula is C22H22N2O5. The predicted octanol–water partition coefficient (Wildman–Crippen LogP) is 2.80. The Morgan fingerprint density at radius 1 is 1.21 bits per heavy atom. The van der Waals surface area contributed by atoms with Crippen LogP contribution in [0.4, 0.5) is 0 Å². The molecule has 3 rings (SSSR count). The molecule has 0 aliphatic heterocycles. The summed E-state index contributed by atoms with van der Waals surface area (Å²) >= 11 is 0. The molecule has 0 radical (unpaired) electrons. The fraction of sp³-hybridized carbons (Fsp3) is 0.182. The number of hydrogen-bond donors (Lipinski definition) is 3. The van der Waals surface area contributed by atoms with Gasteiger partial charge in [0, 0.05) is 29.6 Å². The smallest absolute Gasteiger partial charge is 0.328 e. The van der Waals surface area contributed by atoms with Crippen molar-refractivity contribution < 1.29 is 24.2 Å². The van der Waals surface area contributed by atoms with Crippen molar-refractivity contribution in [2.75, 3.05) is 14.2 Å². The van der Waals surface area contributed by atoms with Crippen LogP contribution in [0.25, 0.3) is 17.0 Å². The normalized spacial score (nSPS) is 12.1. The predicted molar refractivity (Wildman–Crippen MR) is 110 cm³/mol. The number of para-hydroxylation sites is 1. The molecule has 0 spiro atoms. The minimum Gasteiger partial charge on any atom is -0.504 e. The van der Waals surface area contributed by atoms with E-state index in [0.717, 1.165) is 16.5 Å². The number of aromatic nitrogens is 1. The van der Waals surface area contributed by atoms with Crippen LogP contribution in [0.5, 0.6) is 11.5 Å². The number of benzene rings is 2. The molecule has 0 saturated carbocycles. The minimum atomic E-state index is -0.828. The van der Waals surface area contributed by atoms with E-state index in [1.54, 1.807) is 18.2 Å². The lowest BCUT2D eigenvalue weighted by molar-refractivity contribution is -0.144. The molecule has 7 heteroatoms. The van der Waals surface area contributed by atoms with Crippen LogP contribution in [0.15, 0.2) is 54.7 Å². The number of carbonyl (C=O) groups is 2. The van der Waals surface area contributed by atoms with Crippen LogP contribution in [0.1, 0.15) is 11.1 Å². The summed E-state index contributed by atoms with van der Waals surface area (Å²) in [7, 11) is 2.73. The minimum absolute atomic E-state index is 0.0126. The van der Waals surface area contributed by atoms with Crippen LogP contribution in [-0.2, 0) is 20.7 Å². The van der Waals surface area contributed by atoms with Crippen LogP contribution in [0.3, 0.4) is 0 Å². The van der Waals surface area contributed by atoms with E-state index < -0.39 is 17.9 Å². The second-order valence-corrected chi connectivity index (χ2v) is 6.41. The molecule has 0 aliphatic rings. The summed E-state index contributed by atoms with van der Waals surface area (Å²) in [6.45, 7) is 0. The Labute approximate surface area is 168 Å². The van der Waals surface area contributed by atoms with Crippen molar-refractivity contribution in [2.24, 2.45) is 0 Å². The number of aromatic amines is 1. The van der Waals surface area contributed by atoms with Gasteiger partial charge in [0.15, 0.2) is 11.5 Å². The van der Waals surface area contributed by atoms with Gasteiger partial charge < -0.3 is 24.9 Å². The van der Waals surface area contributed by atoms with E-state index in [-0.39, 0.29) is 5.75 Å². The van der Waals surface area contributed by atoms with Gasteiger partial charge in [0.05, 0.1) is 14.2 Å². The van der Waals surface area contributed by atoms with E-state index in [2.05, 4.69) is 10.3 Å². The third-order valence-electron chi connectivity index (χ3n) is 4.53. The zero-order valence-corrected chi connectivity index (χ0v) is 16.1. The Kier molecular flexibility index (Phi) is 6.19. The molecule has 0 unspecified atom stereocenters. The van der Waals surface area contributed by atoms with Gasteiger partial charge in [-0.25, -0.2) is 4.79 Å². The Morgan fingerprint density at radius 3 is 2.76 bits per heavy atom. The molecule has 29 heavy (non-hydrogen) atoms. The molecule has 3 aromatic rings. The van der Waals surface area contributed by atoms with Gasteiger partial charge in [-0.2, -0.15) is 0 Å². The maximum absolute atomic E-state index is 12.4. The molecule has 7 nitrogen and oxygen atoms in total. The molecule has 0 fully saturated rings. The summed E-state index contributed by atoms with van der Waals surface area (Å²) in [5.74, 6) is -0.645. The number of hydrogen-bond acceptors (Lipinski definition) is 5. The van der Waals surface area contributed by atoms with Crippen molar-refractivity contribution >= 4 is 28.9 Å². The number of amides is 1. The quantitative estimate of drug-likeness (QED) is 0.423. The van der Waals surface area contributed by atoms with E-state index in [0.29, 0.717) is 17.7 Å². The SMILES string of the molecule is COC(=O)[C@H](Cc1c[nH]c2ccccc12)NC(=O)/C=C/c1ccc(O)c(OC)c1. The number of H-pyrrole nitrogens is 1. The van der Waals surface area contributed by atoms with Gasteiger partial charge in [-0.15, -0.1) is 0 Å². The van der Waals surface area contributed by atoms with E-state index >= 15 is 0 Å². The Hall–Kier alpha value is -3.74. The summed E-state index contributed by atoms with van der Waals surface area (Å²) in [4.78, 5) is 27.7. The number of nitrogens with one attached hydrogen (secondary N) is 2. The van der Waals surface area contributed by atoms with Crippen LogP contribution in [0, 0.1) is 0 Å². The first-order valence-corrected chi connectivity index (χ1v) is 9.00. The molecule has 1 heterocycles. The third kappa shape index (κ3) is 4.76. The van der Waals surface area contributed by atoms with Gasteiger partial charge in [0.25, 0.3) is 0 Å². The van der Waals surface area contributed by atoms with Crippen molar-refractivity contribution in [3.05, 3.63) is 65.9 Å². The van der Waals surface area contributed by atoms with Crippen LogP contribution >= 0.6 is 0 Å². The highest BCUT2D eigenvalue weighted by Gasteiger charge is 2.22. The van der Waals surface area contributed by atoms with E-state index in [1.165, 1.54) is 26.4 Å². The first kappa shape index (κ1) is 20.0. The fourth-order valence-corrected chi connectivity index (χ4v) is 3.05. The van der Waals surface area contributed by atoms with Gasteiger partial charge in [-0.1, -0.05) is 24.3 Å². The van der Waals surface area contributed by atoms with Crippen LogP contribution in [-0.4, -0.2) is 42.2 Å². The van der Waals surface area contributed by atoms with Crippen molar-refractivity contribution in [3.8, 4) is 11.5 Å². The summed E-state index contributed by atoms with van der Waals surface area (Å²) in [6, 6.07) is 11.6. The lowest BCUT2D eigenvalue weighted by Crippen LogP contribution is -2.42. The van der Waals surface area contributed by atoms with Gasteiger partial charge in [0.2, 0.25) is 5.91 Å². The number of rotatable bonds is 7. The lowest BCUT2D eigenvalue weighted by atomic mass is 10.0. The number of ether oxygens (including phenoxy) is 2. The first-order valence-electron chi connectivity index (χ1n) is 9.00. The third-order valence-corrected chi connectivity index (χ3v) is 4.53. The molecule has 0 bridgehead atoms. The van der Waals surface area contributed by atoms with Gasteiger partial charge in [0.1, 0.15) is 6.04 Å². The van der Waals surface area contributed by atoms with Crippen molar-refractivity contribution in [2.45, 2.75) is 12.5 Å². The second kappa shape index (κ2) is 8.97. The zero-order valence-electron chi connectivity index (χ0n) is 16.1. The maximum Gasteiger partial charge on any atom is 0.328 e. The van der Waals surface area contributed by atoms with E-state index in [4.69, 9.17) is 9.47 Å². The average Bonchev–Trinajstić information content (AvgIpc) is 3.15. The standard InChI is InChI=1S/C22H22N2O5/c1-28-20-11-14(7-9-19(20)25)8-10-21(26)24-18(22(27)29-2)12-15-13-23-17-6-4-3-5-16(15)17/h3-11,13,18,23,25H,12H2,1-2H3,(H,24,26)/b10-8+/t18-/m0/s1. The van der Waals surface area contributed by atoms with Gasteiger partial charge >= 0.3 is 5.97 Å². The van der Waals surface area contributed by atoms with Crippen molar-refractivity contribution in [3.63, 3.8) is 0 Å². The highest BCUT2D eigenvalue weighted by Crippen LogP contribution is 2.26. The molecule has 150 valence electrons. The zero-order chi connectivity index (χ0) is 20.8. The van der Waals surface area contributed by atoms with Crippen molar-refractivity contribution in [1.29, 1.82) is 0 Å².